The van der Waals surface area contributed by atoms with Gasteiger partial charge in [0.2, 0.25) is 17.5 Å². The molecule has 0 aliphatic rings. The highest BCUT2D eigenvalue weighted by atomic mass is 16.5. The van der Waals surface area contributed by atoms with E-state index in [-0.39, 0.29) is 0 Å². The minimum Gasteiger partial charge on any atom is -0.461 e. The molecule has 0 spiro atoms. The maximum Gasteiger partial charge on any atom is 0.246 e. The zero-order valence-electron chi connectivity index (χ0n) is 11.8. The average Bonchev–Trinajstić information content (AvgIpc) is 3.35. The summed E-state index contributed by atoms with van der Waals surface area (Å²) in [7, 11) is 0. The summed E-state index contributed by atoms with van der Waals surface area (Å²) in [6, 6.07) is 11.2. The summed E-state index contributed by atoms with van der Waals surface area (Å²) in [6.45, 7) is 0.364. The molecule has 9 nitrogen and oxygen atoms in total. The van der Waals surface area contributed by atoms with Gasteiger partial charge in [-0.3, -0.25) is 0 Å². The summed E-state index contributed by atoms with van der Waals surface area (Å²) in [5, 5.41) is 21.1. The summed E-state index contributed by atoms with van der Waals surface area (Å²) in [4.78, 5) is 4.28. The van der Waals surface area contributed by atoms with Crippen LogP contribution in [-0.2, 0) is 6.54 Å². The number of furan rings is 1. The second-order valence-electron chi connectivity index (χ2n) is 4.62. The normalized spacial score (nSPS) is 10.8. The Hall–Kier alpha value is -3.49. The lowest BCUT2D eigenvalue weighted by Gasteiger charge is -2.07. The fourth-order valence-electron chi connectivity index (χ4n) is 2.11. The van der Waals surface area contributed by atoms with Crippen molar-refractivity contribution in [3.05, 3.63) is 48.6 Å². The molecule has 0 fully saturated rings. The molecule has 9 heteroatoms. The highest BCUT2D eigenvalue weighted by molar-refractivity contribution is 5.72. The molecule has 0 aliphatic carbocycles. The Bertz CT molecular complexity index is 884. The van der Waals surface area contributed by atoms with Crippen LogP contribution in [0.4, 0.5) is 5.69 Å². The average molecular weight is 309 g/mol. The predicted molar refractivity (Wildman–Crippen MR) is 78.9 cm³/mol. The minimum absolute atomic E-state index is 0.364. The molecule has 0 saturated heterocycles. The van der Waals surface area contributed by atoms with Crippen molar-refractivity contribution in [3.8, 4) is 23.0 Å². The third kappa shape index (κ3) is 2.67. The first-order valence-electron chi connectivity index (χ1n) is 6.83. The minimum atomic E-state index is 0.364. The number of para-hydroxylation sites is 1. The number of aromatic nitrogens is 6. The van der Waals surface area contributed by atoms with Gasteiger partial charge in [0.25, 0.3) is 0 Å². The second-order valence-corrected chi connectivity index (χ2v) is 4.62. The highest BCUT2D eigenvalue weighted by Gasteiger charge is 2.12. The molecular formula is C14H11N7O2. The van der Waals surface area contributed by atoms with Gasteiger partial charge in [-0.25, -0.2) is 0 Å². The zero-order chi connectivity index (χ0) is 15.5. The fraction of sp³-hybridized carbons (Fsp3) is 0.0714. The molecule has 2 N–H and O–H groups in total. The molecular weight excluding hydrogens is 298 g/mol. The summed E-state index contributed by atoms with van der Waals surface area (Å²) < 4.78 is 10.4. The van der Waals surface area contributed by atoms with Gasteiger partial charge >= 0.3 is 0 Å². The van der Waals surface area contributed by atoms with E-state index in [4.69, 9.17) is 8.94 Å². The van der Waals surface area contributed by atoms with Crippen molar-refractivity contribution in [3.63, 3.8) is 0 Å². The Kier molecular flexibility index (Phi) is 3.28. The number of tetrazole rings is 1. The lowest BCUT2D eigenvalue weighted by atomic mass is 10.1. The van der Waals surface area contributed by atoms with Gasteiger partial charge in [0.15, 0.2) is 5.76 Å². The quantitative estimate of drug-likeness (QED) is 0.575. The zero-order valence-corrected chi connectivity index (χ0v) is 11.8. The third-order valence-electron chi connectivity index (χ3n) is 3.15. The molecule has 0 radical (unpaired) electrons. The van der Waals surface area contributed by atoms with Crippen molar-refractivity contribution >= 4 is 5.69 Å². The first-order chi connectivity index (χ1) is 11.4. The molecule has 0 aliphatic heterocycles. The smallest absolute Gasteiger partial charge is 0.246 e. The largest absolute Gasteiger partial charge is 0.461 e. The van der Waals surface area contributed by atoms with E-state index in [1.807, 2.05) is 24.3 Å². The van der Waals surface area contributed by atoms with Gasteiger partial charge in [-0.1, -0.05) is 17.3 Å². The van der Waals surface area contributed by atoms with Crippen LogP contribution in [0.2, 0.25) is 0 Å². The van der Waals surface area contributed by atoms with Crippen molar-refractivity contribution < 1.29 is 8.94 Å². The monoisotopic (exact) mass is 309 g/mol. The molecule has 4 rings (SSSR count). The maximum absolute atomic E-state index is 5.23. The molecule has 0 bridgehead atoms. The third-order valence-corrected chi connectivity index (χ3v) is 3.15. The number of nitrogens with zero attached hydrogens (tertiary/aromatic N) is 5. The Morgan fingerprint density at radius 2 is 2.04 bits per heavy atom. The molecule has 23 heavy (non-hydrogen) atoms. The number of benzene rings is 1. The van der Waals surface area contributed by atoms with Gasteiger partial charge < -0.3 is 14.3 Å². The molecule has 0 unspecified atom stereocenters. The van der Waals surface area contributed by atoms with E-state index in [1.165, 1.54) is 0 Å². The van der Waals surface area contributed by atoms with E-state index >= 15 is 0 Å². The van der Waals surface area contributed by atoms with Gasteiger partial charge in [0.05, 0.1) is 12.8 Å². The van der Waals surface area contributed by atoms with E-state index in [0.717, 1.165) is 11.3 Å². The van der Waals surface area contributed by atoms with E-state index in [2.05, 4.69) is 36.1 Å². The highest BCUT2D eigenvalue weighted by Crippen LogP contribution is 2.24. The summed E-state index contributed by atoms with van der Waals surface area (Å²) in [5.74, 6) is 1.93. The standard InChI is InChI=1S/C14H11N7O2/c1-2-5-10(9(4-1)13-17-20-21-18-13)15-8-12-16-14(19-23-12)11-6-3-7-22-11/h1-7,15H,8H2,(H,17,18,20,21). The van der Waals surface area contributed by atoms with Gasteiger partial charge in [0, 0.05) is 11.3 Å². The Morgan fingerprint density at radius 3 is 2.87 bits per heavy atom. The molecule has 3 aromatic heterocycles. The lowest BCUT2D eigenvalue weighted by Crippen LogP contribution is -2.01. The van der Waals surface area contributed by atoms with Crippen LogP contribution in [0.15, 0.2) is 51.6 Å². The lowest BCUT2D eigenvalue weighted by molar-refractivity contribution is 0.382. The van der Waals surface area contributed by atoms with E-state index in [9.17, 15) is 0 Å². The number of anilines is 1. The van der Waals surface area contributed by atoms with Crippen LogP contribution in [0.3, 0.4) is 0 Å². The van der Waals surface area contributed by atoms with Crippen LogP contribution < -0.4 is 5.32 Å². The van der Waals surface area contributed by atoms with E-state index in [0.29, 0.717) is 29.8 Å². The summed E-state index contributed by atoms with van der Waals surface area (Å²) in [6.07, 6.45) is 1.56. The number of nitrogens with one attached hydrogen (secondary N) is 2. The molecule has 0 saturated carbocycles. The van der Waals surface area contributed by atoms with Crippen molar-refractivity contribution in [2.24, 2.45) is 0 Å². The van der Waals surface area contributed by atoms with Gasteiger partial charge in [0.1, 0.15) is 0 Å². The Balaban J connectivity index is 1.52. The number of aromatic amines is 1. The van der Waals surface area contributed by atoms with Gasteiger partial charge in [-0.05, 0) is 29.5 Å². The first-order valence-corrected chi connectivity index (χ1v) is 6.83. The first kappa shape index (κ1) is 13.2. The Morgan fingerprint density at radius 1 is 1.09 bits per heavy atom. The van der Waals surface area contributed by atoms with Gasteiger partial charge in [-0.2, -0.15) is 10.2 Å². The second kappa shape index (κ2) is 5.72. The van der Waals surface area contributed by atoms with Crippen LogP contribution in [-0.4, -0.2) is 30.8 Å². The SMILES string of the molecule is c1coc(-c2noc(CNc3ccccc3-c3nn[nH]n3)n2)c1. The predicted octanol–water partition coefficient (Wildman–Crippen LogP) is 2.12. The van der Waals surface area contributed by atoms with E-state index in [1.54, 1.807) is 18.4 Å². The number of hydrogen-bond acceptors (Lipinski definition) is 8. The van der Waals surface area contributed by atoms with Crippen LogP contribution >= 0.6 is 0 Å². The molecule has 0 amide bonds. The number of hydrogen-bond donors (Lipinski definition) is 2. The molecule has 3 heterocycles. The number of H-pyrrole nitrogens is 1. The van der Waals surface area contributed by atoms with Crippen molar-refractivity contribution in [2.45, 2.75) is 6.54 Å². The van der Waals surface area contributed by atoms with Crippen molar-refractivity contribution in [1.82, 2.24) is 30.8 Å². The number of rotatable bonds is 5. The topological polar surface area (TPSA) is 119 Å². The van der Waals surface area contributed by atoms with Gasteiger partial charge in [-0.15, -0.1) is 10.2 Å². The fourth-order valence-corrected chi connectivity index (χ4v) is 2.11. The molecule has 1 aromatic carbocycles. The summed E-state index contributed by atoms with van der Waals surface area (Å²) in [5.41, 5.74) is 1.67. The maximum atomic E-state index is 5.23. The molecule has 4 aromatic rings. The van der Waals surface area contributed by atoms with Crippen molar-refractivity contribution in [1.29, 1.82) is 0 Å². The van der Waals surface area contributed by atoms with Crippen LogP contribution in [0.25, 0.3) is 23.0 Å². The van der Waals surface area contributed by atoms with Crippen LogP contribution in [0.1, 0.15) is 5.89 Å². The van der Waals surface area contributed by atoms with E-state index < -0.39 is 0 Å². The van der Waals surface area contributed by atoms with Crippen LogP contribution in [0.5, 0.6) is 0 Å². The molecule has 0 atom stereocenters. The molecule has 114 valence electrons. The Labute approximate surface area is 129 Å². The van der Waals surface area contributed by atoms with Crippen LogP contribution in [0, 0.1) is 0 Å². The summed E-state index contributed by atoms with van der Waals surface area (Å²) >= 11 is 0. The van der Waals surface area contributed by atoms with Crippen molar-refractivity contribution in [2.75, 3.05) is 5.32 Å².